The molecule has 18 heavy (non-hydrogen) atoms. The minimum Gasteiger partial charge on any atom is -0.426 e. The third-order valence-corrected chi connectivity index (χ3v) is 2.71. The highest BCUT2D eigenvalue weighted by Gasteiger charge is 2.15. The summed E-state index contributed by atoms with van der Waals surface area (Å²) in [5.74, 6) is -0.0504. The summed E-state index contributed by atoms with van der Waals surface area (Å²) in [6, 6.07) is 15.2. The van der Waals surface area contributed by atoms with Gasteiger partial charge < -0.3 is 14.3 Å². The number of para-hydroxylation sites is 1. The van der Waals surface area contributed by atoms with Crippen molar-refractivity contribution in [1.82, 2.24) is 0 Å². The molecule has 0 unspecified atom stereocenters. The molecule has 4 nitrogen and oxygen atoms in total. The van der Waals surface area contributed by atoms with Gasteiger partial charge in [-0.05, 0) is 12.1 Å². The van der Waals surface area contributed by atoms with Crippen LogP contribution in [-0.4, -0.2) is 15.6 Å². The second kappa shape index (κ2) is 5.74. The quantitative estimate of drug-likeness (QED) is 0.656. The van der Waals surface area contributed by atoms with Crippen molar-refractivity contribution in [3.8, 4) is 5.75 Å². The van der Waals surface area contributed by atoms with Crippen molar-refractivity contribution in [1.29, 1.82) is 0 Å². The van der Waals surface area contributed by atoms with E-state index in [0.29, 0.717) is 11.1 Å². The van der Waals surface area contributed by atoms with E-state index in [1.807, 2.05) is 6.07 Å². The summed E-state index contributed by atoms with van der Waals surface area (Å²) in [7, 11) is -2.54. The number of hydrogen-bond donors (Lipinski definition) is 2. The van der Waals surface area contributed by atoms with Crippen molar-refractivity contribution >= 4 is 14.4 Å². The van der Waals surface area contributed by atoms with Gasteiger partial charge in [-0.15, -0.1) is 0 Å². The van der Waals surface area contributed by atoms with Gasteiger partial charge in [-0.2, -0.15) is 0 Å². The molecule has 2 aromatic rings. The summed E-state index contributed by atoms with van der Waals surface area (Å²) in [5.41, 5.74) is 0.827. The number of carbonyl (C=O) groups excluding carboxylic acids is 1. The molecule has 2 N–H and O–H groups in total. The lowest BCUT2D eigenvalue weighted by atomic mass is 10.0. The Morgan fingerprint density at radius 2 is 1.56 bits per heavy atom. The molecular formula is C13H11O4P. The minimum atomic E-state index is -2.54. The van der Waals surface area contributed by atoms with E-state index in [2.05, 4.69) is 0 Å². The third-order valence-electron chi connectivity index (χ3n) is 2.35. The lowest BCUT2D eigenvalue weighted by Crippen LogP contribution is -2.03. The van der Waals surface area contributed by atoms with Crippen molar-refractivity contribution in [3.05, 3.63) is 65.7 Å². The summed E-state index contributed by atoms with van der Waals surface area (Å²) >= 11 is 0. The van der Waals surface area contributed by atoms with Gasteiger partial charge in [-0.25, -0.2) is 0 Å². The highest BCUT2D eigenvalue weighted by atomic mass is 31.2. The van der Waals surface area contributed by atoms with Crippen molar-refractivity contribution in [2.75, 3.05) is 0 Å². The minimum absolute atomic E-state index is 0.169. The molecule has 2 rings (SSSR count). The molecular weight excluding hydrogens is 251 g/mol. The van der Waals surface area contributed by atoms with Gasteiger partial charge >= 0.3 is 8.60 Å². The van der Waals surface area contributed by atoms with Crippen molar-refractivity contribution in [2.45, 2.75) is 0 Å². The van der Waals surface area contributed by atoms with E-state index in [-0.39, 0.29) is 11.5 Å². The maximum atomic E-state index is 12.2. The molecule has 2 aromatic carbocycles. The van der Waals surface area contributed by atoms with E-state index < -0.39 is 8.60 Å². The predicted molar refractivity (Wildman–Crippen MR) is 68.3 cm³/mol. The van der Waals surface area contributed by atoms with Gasteiger partial charge in [0.05, 0.1) is 5.56 Å². The fourth-order valence-electron chi connectivity index (χ4n) is 1.57. The van der Waals surface area contributed by atoms with Gasteiger partial charge in [-0.3, -0.25) is 4.79 Å². The molecule has 0 bridgehead atoms. The van der Waals surface area contributed by atoms with E-state index >= 15 is 0 Å². The van der Waals surface area contributed by atoms with Crippen LogP contribution in [0.3, 0.4) is 0 Å². The maximum Gasteiger partial charge on any atom is 0.391 e. The Morgan fingerprint density at radius 3 is 2.22 bits per heavy atom. The molecule has 0 saturated carbocycles. The van der Waals surface area contributed by atoms with Crippen LogP contribution in [0.4, 0.5) is 0 Å². The summed E-state index contributed by atoms with van der Waals surface area (Å²) in [6.45, 7) is 0. The molecule has 0 fully saturated rings. The molecule has 0 aromatic heterocycles. The monoisotopic (exact) mass is 262 g/mol. The molecule has 0 heterocycles. The topological polar surface area (TPSA) is 66.8 Å². The lowest BCUT2D eigenvalue weighted by Gasteiger charge is -2.10. The van der Waals surface area contributed by atoms with Gasteiger partial charge in [0.1, 0.15) is 5.75 Å². The highest BCUT2D eigenvalue weighted by molar-refractivity contribution is 7.39. The van der Waals surface area contributed by atoms with Gasteiger partial charge in [0, 0.05) is 5.56 Å². The molecule has 0 aliphatic heterocycles. The largest absolute Gasteiger partial charge is 0.426 e. The third kappa shape index (κ3) is 2.93. The molecule has 0 aliphatic rings. The van der Waals surface area contributed by atoms with Crippen LogP contribution >= 0.6 is 8.60 Å². The normalized spacial score (nSPS) is 10.4. The molecule has 0 aliphatic carbocycles. The maximum absolute atomic E-state index is 12.2. The predicted octanol–water partition coefficient (Wildman–Crippen LogP) is 2.51. The molecule has 0 atom stereocenters. The van der Waals surface area contributed by atoms with Gasteiger partial charge in [0.15, 0.2) is 5.78 Å². The standard InChI is InChI=1S/C13H11O4P/c14-13(10-6-2-1-3-7-10)11-8-4-5-9-12(11)17-18(15)16/h1-9,15-16H. The Morgan fingerprint density at radius 1 is 0.944 bits per heavy atom. The Balaban J connectivity index is 2.36. The molecule has 92 valence electrons. The van der Waals surface area contributed by atoms with Gasteiger partial charge in [0.25, 0.3) is 0 Å². The summed E-state index contributed by atoms with van der Waals surface area (Å²) in [4.78, 5) is 30.0. The molecule has 0 amide bonds. The van der Waals surface area contributed by atoms with Crippen molar-refractivity contribution in [2.24, 2.45) is 0 Å². The first-order valence-corrected chi connectivity index (χ1v) is 6.39. The highest BCUT2D eigenvalue weighted by Crippen LogP contribution is 2.32. The summed E-state index contributed by atoms with van der Waals surface area (Å²) < 4.78 is 4.84. The van der Waals surface area contributed by atoms with E-state index in [0.717, 1.165) is 0 Å². The first kappa shape index (κ1) is 12.7. The van der Waals surface area contributed by atoms with Crippen LogP contribution in [0.1, 0.15) is 15.9 Å². The first-order chi connectivity index (χ1) is 8.68. The SMILES string of the molecule is O=C(c1ccccc1)c1ccccc1OP(O)O. The van der Waals surface area contributed by atoms with Gasteiger partial charge in [-0.1, -0.05) is 42.5 Å². The van der Waals surface area contributed by atoms with E-state index in [1.54, 1.807) is 42.5 Å². The van der Waals surface area contributed by atoms with Crippen LogP contribution in [0.2, 0.25) is 0 Å². The van der Waals surface area contributed by atoms with E-state index in [9.17, 15) is 4.79 Å². The van der Waals surface area contributed by atoms with Crippen LogP contribution in [0, 0.1) is 0 Å². The van der Waals surface area contributed by atoms with E-state index in [4.69, 9.17) is 14.3 Å². The Hall–Kier alpha value is -1.74. The van der Waals surface area contributed by atoms with Gasteiger partial charge in [0.2, 0.25) is 0 Å². The average molecular weight is 262 g/mol. The molecule has 0 spiro atoms. The van der Waals surface area contributed by atoms with Crippen LogP contribution in [0.15, 0.2) is 54.6 Å². The van der Waals surface area contributed by atoms with Crippen LogP contribution in [-0.2, 0) is 0 Å². The summed E-state index contributed by atoms with van der Waals surface area (Å²) in [5, 5.41) is 0. The number of rotatable bonds is 4. The van der Waals surface area contributed by atoms with E-state index in [1.165, 1.54) is 6.07 Å². The zero-order valence-corrected chi connectivity index (χ0v) is 10.2. The fourth-order valence-corrected chi connectivity index (χ4v) is 1.90. The lowest BCUT2D eigenvalue weighted by molar-refractivity contribution is 0.103. The van der Waals surface area contributed by atoms with Crippen LogP contribution in [0.25, 0.3) is 0 Å². The second-order valence-electron chi connectivity index (χ2n) is 3.54. The molecule has 5 heteroatoms. The van der Waals surface area contributed by atoms with Crippen molar-refractivity contribution in [3.63, 3.8) is 0 Å². The second-order valence-corrected chi connectivity index (χ2v) is 4.22. The zero-order valence-electron chi connectivity index (χ0n) is 9.35. The zero-order chi connectivity index (χ0) is 13.0. The fraction of sp³-hybridized carbons (Fsp3) is 0. The first-order valence-electron chi connectivity index (χ1n) is 5.23. The Kier molecular flexibility index (Phi) is 4.05. The summed E-state index contributed by atoms with van der Waals surface area (Å²) in [6.07, 6.45) is 0. The number of carbonyl (C=O) groups is 1. The molecule has 0 radical (unpaired) electrons. The number of benzene rings is 2. The average Bonchev–Trinajstić information content (AvgIpc) is 2.39. The number of hydrogen-bond acceptors (Lipinski definition) is 4. The van der Waals surface area contributed by atoms with Crippen molar-refractivity contribution < 1.29 is 19.1 Å². The van der Waals surface area contributed by atoms with Crippen LogP contribution in [0.5, 0.6) is 5.75 Å². The Bertz CT molecular complexity index is 540. The Labute approximate surface area is 105 Å². The molecule has 0 saturated heterocycles. The van der Waals surface area contributed by atoms with Crippen LogP contribution < -0.4 is 4.52 Å². The smallest absolute Gasteiger partial charge is 0.391 e. The number of ketones is 1.